The maximum atomic E-state index is 12.9. The van der Waals surface area contributed by atoms with Crippen LogP contribution < -0.4 is 0 Å². The zero-order valence-electron chi connectivity index (χ0n) is 9.51. The zero-order valence-corrected chi connectivity index (χ0v) is 10.3. The van der Waals surface area contributed by atoms with Gasteiger partial charge in [-0.1, -0.05) is 30.3 Å². The van der Waals surface area contributed by atoms with E-state index in [0.29, 0.717) is 0 Å². The molecule has 0 aliphatic rings. The Morgan fingerprint density at radius 2 is 1.56 bits per heavy atom. The SMILES string of the molecule is Fc1ccc(-c2ncc(-c3ccccc3)s2)cc1. The molecule has 0 radical (unpaired) electrons. The number of hydrogen-bond donors (Lipinski definition) is 0. The number of hydrogen-bond acceptors (Lipinski definition) is 2. The summed E-state index contributed by atoms with van der Waals surface area (Å²) in [6, 6.07) is 16.5. The second-order valence-electron chi connectivity index (χ2n) is 3.90. The van der Waals surface area contributed by atoms with Crippen LogP contribution in [0.4, 0.5) is 4.39 Å². The molecule has 0 fully saturated rings. The van der Waals surface area contributed by atoms with Crippen molar-refractivity contribution in [2.24, 2.45) is 0 Å². The van der Waals surface area contributed by atoms with Gasteiger partial charge in [0.1, 0.15) is 10.8 Å². The fourth-order valence-electron chi connectivity index (χ4n) is 1.74. The van der Waals surface area contributed by atoms with Gasteiger partial charge in [-0.3, -0.25) is 0 Å². The predicted octanol–water partition coefficient (Wildman–Crippen LogP) is 4.62. The Hall–Kier alpha value is -2.00. The van der Waals surface area contributed by atoms with Crippen LogP contribution in [0.1, 0.15) is 0 Å². The van der Waals surface area contributed by atoms with Gasteiger partial charge in [0, 0.05) is 11.8 Å². The lowest BCUT2D eigenvalue weighted by atomic mass is 10.2. The molecular formula is C15H10FNS. The van der Waals surface area contributed by atoms with Crippen LogP contribution in [0.3, 0.4) is 0 Å². The first-order valence-corrected chi connectivity index (χ1v) is 6.42. The summed E-state index contributed by atoms with van der Waals surface area (Å²) >= 11 is 1.61. The fourth-order valence-corrected chi connectivity index (χ4v) is 2.66. The lowest BCUT2D eigenvalue weighted by Crippen LogP contribution is -1.76. The van der Waals surface area contributed by atoms with Crippen molar-refractivity contribution in [2.75, 3.05) is 0 Å². The molecule has 18 heavy (non-hydrogen) atoms. The maximum Gasteiger partial charge on any atom is 0.123 e. The van der Waals surface area contributed by atoms with Gasteiger partial charge < -0.3 is 0 Å². The van der Waals surface area contributed by atoms with E-state index in [1.807, 2.05) is 24.4 Å². The summed E-state index contributed by atoms with van der Waals surface area (Å²) in [4.78, 5) is 5.51. The Balaban J connectivity index is 1.97. The largest absolute Gasteiger partial charge is 0.244 e. The average Bonchev–Trinajstić information content (AvgIpc) is 2.90. The van der Waals surface area contributed by atoms with Crippen molar-refractivity contribution >= 4 is 11.3 Å². The van der Waals surface area contributed by atoms with Crippen molar-refractivity contribution in [3.8, 4) is 21.0 Å². The Morgan fingerprint density at radius 3 is 2.28 bits per heavy atom. The summed E-state index contributed by atoms with van der Waals surface area (Å²) in [5.41, 5.74) is 2.10. The summed E-state index contributed by atoms with van der Waals surface area (Å²) in [6.07, 6.45) is 1.86. The fraction of sp³-hybridized carbons (Fsp3) is 0. The van der Waals surface area contributed by atoms with Gasteiger partial charge in [-0.05, 0) is 29.8 Å². The molecule has 0 unspecified atom stereocenters. The van der Waals surface area contributed by atoms with Crippen molar-refractivity contribution in [1.82, 2.24) is 4.98 Å². The van der Waals surface area contributed by atoms with Gasteiger partial charge in [0.15, 0.2) is 0 Å². The first-order chi connectivity index (χ1) is 8.83. The molecule has 1 aromatic heterocycles. The molecule has 0 saturated carbocycles. The summed E-state index contributed by atoms with van der Waals surface area (Å²) in [7, 11) is 0. The summed E-state index contributed by atoms with van der Waals surface area (Å²) in [5.74, 6) is -0.224. The minimum Gasteiger partial charge on any atom is -0.244 e. The van der Waals surface area contributed by atoms with Crippen LogP contribution in [0.5, 0.6) is 0 Å². The monoisotopic (exact) mass is 255 g/mol. The Morgan fingerprint density at radius 1 is 0.833 bits per heavy atom. The standard InChI is InChI=1S/C15H10FNS/c16-13-8-6-12(7-9-13)15-17-10-14(18-15)11-4-2-1-3-5-11/h1-10H. The van der Waals surface area contributed by atoms with Gasteiger partial charge in [0.2, 0.25) is 0 Å². The highest BCUT2D eigenvalue weighted by Gasteiger charge is 2.06. The summed E-state index contributed by atoms with van der Waals surface area (Å²) < 4.78 is 12.9. The van der Waals surface area contributed by atoms with Crippen LogP contribution in [0.2, 0.25) is 0 Å². The van der Waals surface area contributed by atoms with E-state index < -0.39 is 0 Å². The molecule has 0 aliphatic heterocycles. The Kier molecular flexibility index (Phi) is 2.90. The zero-order chi connectivity index (χ0) is 12.4. The van der Waals surface area contributed by atoms with Crippen LogP contribution in [-0.4, -0.2) is 4.98 Å². The number of thiazole rings is 1. The van der Waals surface area contributed by atoms with Gasteiger partial charge in [-0.2, -0.15) is 0 Å². The normalized spacial score (nSPS) is 10.5. The molecule has 0 N–H and O–H groups in total. The number of halogens is 1. The van der Waals surface area contributed by atoms with Crippen molar-refractivity contribution in [2.45, 2.75) is 0 Å². The van der Waals surface area contributed by atoms with Crippen LogP contribution >= 0.6 is 11.3 Å². The van der Waals surface area contributed by atoms with E-state index in [1.165, 1.54) is 12.1 Å². The molecule has 0 saturated heterocycles. The van der Waals surface area contributed by atoms with Gasteiger partial charge in [0.25, 0.3) is 0 Å². The molecule has 1 nitrogen and oxygen atoms in total. The van der Waals surface area contributed by atoms with E-state index in [0.717, 1.165) is 21.0 Å². The third kappa shape index (κ3) is 2.17. The van der Waals surface area contributed by atoms with Crippen molar-refractivity contribution < 1.29 is 4.39 Å². The first-order valence-electron chi connectivity index (χ1n) is 5.60. The molecule has 0 spiro atoms. The quantitative estimate of drug-likeness (QED) is 0.651. The molecule has 1 heterocycles. The summed E-state index contributed by atoms with van der Waals surface area (Å²) in [5, 5.41) is 0.911. The van der Waals surface area contributed by atoms with E-state index in [4.69, 9.17) is 0 Å². The maximum absolute atomic E-state index is 12.9. The first kappa shape index (κ1) is 11.1. The highest BCUT2D eigenvalue weighted by Crippen LogP contribution is 2.31. The molecular weight excluding hydrogens is 245 g/mol. The highest BCUT2D eigenvalue weighted by atomic mass is 32.1. The minimum atomic E-state index is -0.224. The van der Waals surface area contributed by atoms with Gasteiger partial charge in [-0.15, -0.1) is 11.3 Å². The van der Waals surface area contributed by atoms with Gasteiger partial charge in [-0.25, -0.2) is 9.37 Å². The second-order valence-corrected chi connectivity index (χ2v) is 4.93. The molecule has 3 rings (SSSR count). The van der Waals surface area contributed by atoms with E-state index in [2.05, 4.69) is 17.1 Å². The van der Waals surface area contributed by atoms with Gasteiger partial charge in [0.05, 0.1) is 4.88 Å². The van der Waals surface area contributed by atoms with E-state index >= 15 is 0 Å². The van der Waals surface area contributed by atoms with Crippen molar-refractivity contribution in [3.05, 3.63) is 66.6 Å². The average molecular weight is 255 g/mol. The van der Waals surface area contributed by atoms with Gasteiger partial charge >= 0.3 is 0 Å². The van der Waals surface area contributed by atoms with Crippen LogP contribution in [0.15, 0.2) is 60.8 Å². The molecule has 0 atom stereocenters. The third-order valence-electron chi connectivity index (χ3n) is 2.66. The molecule has 0 amide bonds. The third-order valence-corrected chi connectivity index (χ3v) is 3.75. The van der Waals surface area contributed by atoms with E-state index in [-0.39, 0.29) is 5.82 Å². The number of rotatable bonds is 2. The number of benzene rings is 2. The van der Waals surface area contributed by atoms with E-state index in [1.54, 1.807) is 23.5 Å². The molecule has 3 aromatic rings. The molecule has 3 heteroatoms. The molecule has 0 bridgehead atoms. The van der Waals surface area contributed by atoms with Crippen molar-refractivity contribution in [1.29, 1.82) is 0 Å². The van der Waals surface area contributed by atoms with Crippen LogP contribution in [0, 0.1) is 5.82 Å². The smallest absolute Gasteiger partial charge is 0.123 e. The summed E-state index contributed by atoms with van der Waals surface area (Å²) in [6.45, 7) is 0. The molecule has 2 aromatic carbocycles. The number of nitrogens with zero attached hydrogens (tertiary/aromatic N) is 1. The van der Waals surface area contributed by atoms with Crippen molar-refractivity contribution in [3.63, 3.8) is 0 Å². The molecule has 88 valence electrons. The molecule has 0 aliphatic carbocycles. The lowest BCUT2D eigenvalue weighted by molar-refractivity contribution is 0.628. The van der Waals surface area contributed by atoms with Crippen LogP contribution in [-0.2, 0) is 0 Å². The predicted molar refractivity (Wildman–Crippen MR) is 72.9 cm³/mol. The number of aromatic nitrogens is 1. The Labute approximate surface area is 109 Å². The van der Waals surface area contributed by atoms with Crippen LogP contribution in [0.25, 0.3) is 21.0 Å². The Bertz CT molecular complexity index is 644. The highest BCUT2D eigenvalue weighted by molar-refractivity contribution is 7.18. The second kappa shape index (κ2) is 4.70. The minimum absolute atomic E-state index is 0.224. The topological polar surface area (TPSA) is 12.9 Å². The van der Waals surface area contributed by atoms with E-state index in [9.17, 15) is 4.39 Å². The lowest BCUT2D eigenvalue weighted by Gasteiger charge is -1.95.